The van der Waals surface area contributed by atoms with Crippen LogP contribution in [0, 0.1) is 0 Å². The van der Waals surface area contributed by atoms with Gasteiger partial charge in [-0.3, -0.25) is 9.98 Å². The molecule has 2 heterocycles. The molecular weight excluding hydrogens is 717 g/mol. The number of nitrogens with zero attached hydrogens (tertiary/aromatic N) is 6. The minimum absolute atomic E-state index is 0.225. The third-order valence-corrected chi connectivity index (χ3v) is 12.0. The molecule has 0 saturated heterocycles. The average Bonchev–Trinajstić information content (AvgIpc) is 3.78. The molecule has 0 saturated carbocycles. The number of hydrogen-bond donors (Lipinski definition) is 0. The fourth-order valence-electron chi connectivity index (χ4n) is 7.95. The number of aromatic nitrogens is 4. The van der Waals surface area contributed by atoms with Gasteiger partial charge in [0.2, 0.25) is 0 Å². The summed E-state index contributed by atoms with van der Waals surface area (Å²) in [4.78, 5) is 9.05. The van der Waals surface area contributed by atoms with Crippen LogP contribution < -0.4 is 19.3 Å². The second-order valence-electron chi connectivity index (χ2n) is 17.1. The summed E-state index contributed by atoms with van der Waals surface area (Å²) in [6.07, 6.45) is 22.4. The molecule has 8 heteroatoms. The topological polar surface area (TPSA) is 88.5 Å². The molecule has 0 aliphatic rings. The molecule has 3 aromatic carbocycles. The van der Waals surface area contributed by atoms with E-state index in [1.807, 2.05) is 81.4 Å². The molecule has 0 radical (unpaired) electrons. The zero-order valence-electron chi connectivity index (χ0n) is 36.6. The quantitative estimate of drug-likeness (QED) is 0.0303. The van der Waals surface area contributed by atoms with Crippen molar-refractivity contribution >= 4 is 23.2 Å². The van der Waals surface area contributed by atoms with E-state index in [0.29, 0.717) is 23.0 Å². The highest BCUT2D eigenvalue weighted by Crippen LogP contribution is 2.38. The molecule has 0 aliphatic carbocycles. The van der Waals surface area contributed by atoms with Crippen molar-refractivity contribution in [2.45, 2.75) is 143 Å². The van der Waals surface area contributed by atoms with Gasteiger partial charge in [0.1, 0.15) is 24.8 Å². The Morgan fingerprint density at radius 1 is 0.517 bits per heavy atom. The van der Waals surface area contributed by atoms with E-state index in [1.165, 1.54) is 75.3 Å². The van der Waals surface area contributed by atoms with Crippen LogP contribution in [0.1, 0.15) is 152 Å². The van der Waals surface area contributed by atoms with E-state index in [-0.39, 0.29) is 22.6 Å². The fraction of sp³-hybridized carbons (Fsp3) is 0.480. The van der Waals surface area contributed by atoms with Crippen molar-refractivity contribution in [1.29, 1.82) is 0 Å². The van der Waals surface area contributed by atoms with Crippen molar-refractivity contribution in [2.75, 3.05) is 0 Å². The predicted octanol–water partition coefficient (Wildman–Crippen LogP) is 9.19. The number of rotatable bonds is 22. The molecule has 58 heavy (non-hydrogen) atoms. The van der Waals surface area contributed by atoms with Crippen molar-refractivity contribution < 1.29 is 19.3 Å². The summed E-state index contributed by atoms with van der Waals surface area (Å²) in [5, 5.41) is 26.8. The van der Waals surface area contributed by atoms with Gasteiger partial charge in [0.15, 0.2) is 0 Å². The monoisotopic (exact) mass is 785 g/mol. The number of aliphatic imine (C=N–C) groups is 2. The first-order valence-corrected chi connectivity index (χ1v) is 21.8. The van der Waals surface area contributed by atoms with E-state index in [9.17, 15) is 10.2 Å². The van der Waals surface area contributed by atoms with Crippen molar-refractivity contribution in [3.05, 3.63) is 131 Å². The Morgan fingerprint density at radius 3 is 1.26 bits per heavy atom. The van der Waals surface area contributed by atoms with E-state index in [4.69, 9.17) is 0 Å². The van der Waals surface area contributed by atoms with Crippen LogP contribution in [-0.2, 0) is 38.0 Å². The molecule has 5 rings (SSSR count). The molecule has 0 bridgehead atoms. The van der Waals surface area contributed by atoms with Crippen LogP contribution in [-0.4, -0.2) is 20.9 Å². The van der Waals surface area contributed by atoms with Crippen LogP contribution in [0.4, 0.5) is 11.4 Å². The first-order chi connectivity index (χ1) is 27.9. The SMILES string of the molecule is CCCCCCCCn1cc[n+](C)c1C([O-])=Nc1ccc(C(C)(C)c2cccc(C(C)(C)c3ccc(N=C([O-])c4n(CCCCCCCC)cc[n+]4C)cc3)c2)cc1. The van der Waals surface area contributed by atoms with Crippen LogP contribution >= 0.6 is 0 Å². The second-order valence-corrected chi connectivity index (χ2v) is 17.1. The molecule has 0 fully saturated rings. The zero-order valence-corrected chi connectivity index (χ0v) is 36.6. The number of unbranched alkanes of at least 4 members (excludes halogenated alkanes) is 10. The van der Waals surface area contributed by atoms with Crippen molar-refractivity contribution in [3.63, 3.8) is 0 Å². The van der Waals surface area contributed by atoms with Crippen LogP contribution in [0.3, 0.4) is 0 Å². The van der Waals surface area contributed by atoms with Crippen LogP contribution in [0.5, 0.6) is 0 Å². The first kappa shape index (κ1) is 44.1. The van der Waals surface area contributed by atoms with Crippen LogP contribution in [0.25, 0.3) is 0 Å². The third kappa shape index (κ3) is 11.1. The Morgan fingerprint density at radius 2 is 0.879 bits per heavy atom. The predicted molar refractivity (Wildman–Crippen MR) is 234 cm³/mol. The molecular formula is C50H68N6O2. The normalized spacial score (nSPS) is 12.8. The summed E-state index contributed by atoms with van der Waals surface area (Å²) >= 11 is 0. The summed E-state index contributed by atoms with van der Waals surface area (Å²) in [7, 11) is 3.82. The van der Waals surface area contributed by atoms with Crippen molar-refractivity contribution in [3.8, 4) is 0 Å². The molecule has 0 N–H and O–H groups in total. The number of benzene rings is 3. The van der Waals surface area contributed by atoms with Gasteiger partial charge in [-0.05, 0) is 72.2 Å². The third-order valence-electron chi connectivity index (χ3n) is 12.0. The average molecular weight is 785 g/mol. The summed E-state index contributed by atoms with van der Waals surface area (Å²) in [5.41, 5.74) is 5.41. The highest BCUT2D eigenvalue weighted by molar-refractivity contribution is 5.88. The molecule has 0 amide bonds. The maximum Gasteiger partial charge on any atom is 0.292 e. The molecule has 0 unspecified atom stereocenters. The van der Waals surface area contributed by atoms with Gasteiger partial charge >= 0.3 is 0 Å². The van der Waals surface area contributed by atoms with E-state index in [0.717, 1.165) is 37.1 Å². The minimum atomic E-state index is -0.293. The summed E-state index contributed by atoms with van der Waals surface area (Å²) in [5.74, 6) is 0.760. The van der Waals surface area contributed by atoms with Gasteiger partial charge in [-0.15, -0.1) is 0 Å². The van der Waals surface area contributed by atoms with Crippen molar-refractivity contribution in [2.24, 2.45) is 24.1 Å². The lowest BCUT2D eigenvalue weighted by molar-refractivity contribution is -0.674. The summed E-state index contributed by atoms with van der Waals surface area (Å²) < 4.78 is 7.83. The standard InChI is InChI=1S/C50H68N6O2/c1-9-11-13-15-17-19-32-55-36-34-53(7)47(55)45(57)51-43-28-24-39(25-29-43)49(3,4)41-22-21-23-42(38-41)50(5,6)40-26-30-44(31-27-40)52-46(58)48-54(8)35-37-56(48)33-20-18-16-14-12-10-2/h21-31,34-38H,9-20,32-33H2,1-8H3. The van der Waals surface area contributed by atoms with Gasteiger partial charge in [-0.25, -0.2) is 18.3 Å². The molecule has 2 aromatic heterocycles. The van der Waals surface area contributed by atoms with Crippen LogP contribution in [0.2, 0.25) is 0 Å². The van der Waals surface area contributed by atoms with Gasteiger partial charge in [0, 0.05) is 10.8 Å². The lowest BCUT2D eigenvalue weighted by Gasteiger charge is -2.31. The fourth-order valence-corrected chi connectivity index (χ4v) is 7.95. The van der Waals surface area contributed by atoms with Gasteiger partial charge in [-0.1, -0.05) is 141 Å². The Balaban J connectivity index is 1.26. The Kier molecular flexibility index (Phi) is 15.7. The van der Waals surface area contributed by atoms with Gasteiger partial charge in [-0.2, -0.15) is 0 Å². The maximum absolute atomic E-state index is 13.4. The Bertz CT molecular complexity index is 1950. The van der Waals surface area contributed by atoms with E-state index in [1.54, 1.807) is 0 Å². The second kappa shape index (κ2) is 20.6. The maximum atomic E-state index is 13.4. The van der Waals surface area contributed by atoms with Crippen molar-refractivity contribution in [1.82, 2.24) is 9.13 Å². The van der Waals surface area contributed by atoms with Gasteiger partial charge < -0.3 is 10.2 Å². The lowest BCUT2D eigenvalue weighted by atomic mass is 9.73. The Labute approximate surface area is 348 Å². The highest BCUT2D eigenvalue weighted by atomic mass is 16.3. The number of hydrogen-bond acceptors (Lipinski definition) is 4. The zero-order chi connectivity index (χ0) is 41.7. The number of imidazole rings is 2. The number of aryl methyl sites for hydroxylation is 4. The molecule has 0 spiro atoms. The van der Waals surface area contributed by atoms with Gasteiger partial charge in [0.25, 0.3) is 11.6 Å². The smallest absolute Gasteiger partial charge is 0.292 e. The largest absolute Gasteiger partial charge is 0.853 e. The molecule has 8 nitrogen and oxygen atoms in total. The Hall–Kier alpha value is -4.98. The molecule has 0 atom stereocenters. The minimum Gasteiger partial charge on any atom is -0.853 e. The van der Waals surface area contributed by atoms with Crippen LogP contribution in [0.15, 0.2) is 108 Å². The molecule has 0 aliphatic heterocycles. The van der Waals surface area contributed by atoms with Gasteiger partial charge in [0.05, 0.1) is 50.4 Å². The van der Waals surface area contributed by atoms with E-state index >= 15 is 0 Å². The summed E-state index contributed by atoms with van der Waals surface area (Å²) in [6.45, 7) is 15.1. The molecule has 310 valence electrons. The summed E-state index contributed by atoms with van der Waals surface area (Å²) in [6, 6.07) is 25.0. The molecule has 5 aromatic rings. The highest BCUT2D eigenvalue weighted by Gasteiger charge is 2.28. The first-order valence-electron chi connectivity index (χ1n) is 21.8. The van der Waals surface area contributed by atoms with E-state index < -0.39 is 0 Å². The lowest BCUT2D eigenvalue weighted by Crippen LogP contribution is -2.40. The van der Waals surface area contributed by atoms with E-state index in [2.05, 4.69) is 100 Å².